The van der Waals surface area contributed by atoms with Crippen molar-refractivity contribution >= 4 is 16.9 Å². The summed E-state index contributed by atoms with van der Waals surface area (Å²) in [6, 6.07) is 13.7. The van der Waals surface area contributed by atoms with E-state index in [1.165, 1.54) is 0 Å². The van der Waals surface area contributed by atoms with Gasteiger partial charge in [0.1, 0.15) is 11.3 Å². The minimum absolute atomic E-state index is 0.552. The van der Waals surface area contributed by atoms with E-state index >= 15 is 0 Å². The van der Waals surface area contributed by atoms with Crippen molar-refractivity contribution in [2.75, 3.05) is 14.2 Å². The third-order valence-electron chi connectivity index (χ3n) is 4.01. The molecule has 0 aliphatic carbocycles. The SMILES string of the molecule is CN=C(NCc1cccc(OC)n1)NCc1oc2ccccc2c1C. The number of pyridine rings is 1. The van der Waals surface area contributed by atoms with Gasteiger partial charge in [0.2, 0.25) is 5.88 Å². The number of hydrogen-bond donors (Lipinski definition) is 2. The summed E-state index contributed by atoms with van der Waals surface area (Å²) in [4.78, 5) is 8.61. The maximum atomic E-state index is 5.91. The van der Waals surface area contributed by atoms with Crippen molar-refractivity contribution in [1.29, 1.82) is 0 Å². The highest BCUT2D eigenvalue weighted by Crippen LogP contribution is 2.24. The third-order valence-corrected chi connectivity index (χ3v) is 4.01. The molecule has 2 N–H and O–H groups in total. The van der Waals surface area contributed by atoms with Crippen LogP contribution in [0.2, 0.25) is 0 Å². The number of hydrogen-bond acceptors (Lipinski definition) is 4. The maximum absolute atomic E-state index is 5.91. The average molecular weight is 338 g/mol. The van der Waals surface area contributed by atoms with Crippen molar-refractivity contribution in [3.63, 3.8) is 0 Å². The van der Waals surface area contributed by atoms with E-state index in [0.29, 0.717) is 24.9 Å². The number of benzene rings is 1. The second kappa shape index (κ2) is 7.70. The Labute approximate surface area is 146 Å². The number of nitrogens with zero attached hydrogens (tertiary/aromatic N) is 2. The second-order valence-electron chi connectivity index (χ2n) is 5.60. The molecule has 6 nitrogen and oxygen atoms in total. The summed E-state index contributed by atoms with van der Waals surface area (Å²) in [6.45, 7) is 3.18. The van der Waals surface area contributed by atoms with Crippen molar-refractivity contribution in [1.82, 2.24) is 15.6 Å². The molecule has 0 spiro atoms. The molecule has 6 heteroatoms. The Morgan fingerprint density at radius 2 is 1.92 bits per heavy atom. The molecule has 0 radical (unpaired) electrons. The van der Waals surface area contributed by atoms with Gasteiger partial charge in [0.25, 0.3) is 0 Å². The summed E-state index contributed by atoms with van der Waals surface area (Å²) in [6.07, 6.45) is 0. The largest absolute Gasteiger partial charge is 0.481 e. The van der Waals surface area contributed by atoms with Gasteiger partial charge in [0, 0.05) is 24.1 Å². The number of methoxy groups -OCH3 is 1. The van der Waals surface area contributed by atoms with E-state index in [1.807, 2.05) is 36.4 Å². The number of aliphatic imine (C=N–C) groups is 1. The fourth-order valence-electron chi connectivity index (χ4n) is 2.62. The molecule has 3 aromatic rings. The predicted molar refractivity (Wildman–Crippen MR) is 98.8 cm³/mol. The summed E-state index contributed by atoms with van der Waals surface area (Å²) >= 11 is 0. The van der Waals surface area contributed by atoms with Crippen molar-refractivity contribution < 1.29 is 9.15 Å². The maximum Gasteiger partial charge on any atom is 0.213 e. The van der Waals surface area contributed by atoms with Crippen LogP contribution in [0.5, 0.6) is 5.88 Å². The zero-order chi connectivity index (χ0) is 17.6. The van der Waals surface area contributed by atoms with E-state index in [1.54, 1.807) is 14.2 Å². The number of para-hydroxylation sites is 1. The van der Waals surface area contributed by atoms with Crippen LogP contribution in [0.3, 0.4) is 0 Å². The van der Waals surface area contributed by atoms with Gasteiger partial charge in [0.05, 0.1) is 25.9 Å². The first-order chi connectivity index (χ1) is 12.2. The van der Waals surface area contributed by atoms with Gasteiger partial charge in [-0.05, 0) is 19.1 Å². The van der Waals surface area contributed by atoms with Crippen LogP contribution < -0.4 is 15.4 Å². The third kappa shape index (κ3) is 3.91. The summed E-state index contributed by atoms with van der Waals surface area (Å²) < 4.78 is 11.1. The van der Waals surface area contributed by atoms with Gasteiger partial charge in [-0.3, -0.25) is 4.99 Å². The molecule has 1 aromatic carbocycles. The minimum Gasteiger partial charge on any atom is -0.481 e. The van der Waals surface area contributed by atoms with E-state index in [2.05, 4.69) is 33.6 Å². The Morgan fingerprint density at radius 1 is 1.12 bits per heavy atom. The number of rotatable bonds is 5. The summed E-state index contributed by atoms with van der Waals surface area (Å²) in [5.74, 6) is 2.19. The standard InChI is InChI=1S/C19H22N4O2/c1-13-15-8-4-5-9-16(15)25-17(13)12-22-19(20-2)21-11-14-7-6-10-18(23-14)24-3/h4-10H,11-12H2,1-3H3,(H2,20,21,22). The van der Waals surface area contributed by atoms with E-state index in [9.17, 15) is 0 Å². The van der Waals surface area contributed by atoms with E-state index < -0.39 is 0 Å². The van der Waals surface area contributed by atoms with Crippen LogP contribution >= 0.6 is 0 Å². The van der Waals surface area contributed by atoms with Gasteiger partial charge in [-0.2, -0.15) is 0 Å². The Bertz CT molecular complexity index is 886. The molecule has 3 rings (SSSR count). The van der Waals surface area contributed by atoms with Gasteiger partial charge < -0.3 is 19.8 Å². The lowest BCUT2D eigenvalue weighted by Gasteiger charge is -2.11. The summed E-state index contributed by atoms with van der Waals surface area (Å²) in [7, 11) is 3.34. The number of guanidine groups is 1. The molecule has 0 aliphatic rings. The Balaban J connectivity index is 1.61. The van der Waals surface area contributed by atoms with E-state index in [4.69, 9.17) is 9.15 Å². The Kier molecular flexibility index (Phi) is 5.18. The Morgan fingerprint density at radius 3 is 2.68 bits per heavy atom. The van der Waals surface area contributed by atoms with Crippen molar-refractivity contribution in [3.05, 3.63) is 59.5 Å². The average Bonchev–Trinajstić information content (AvgIpc) is 2.98. The zero-order valence-electron chi connectivity index (χ0n) is 14.7. The highest BCUT2D eigenvalue weighted by molar-refractivity contribution is 5.82. The van der Waals surface area contributed by atoms with Crippen LogP contribution in [0.15, 0.2) is 51.9 Å². The quantitative estimate of drug-likeness (QED) is 0.553. The molecule has 2 heterocycles. The fourth-order valence-corrected chi connectivity index (χ4v) is 2.62. The molecule has 0 atom stereocenters. The summed E-state index contributed by atoms with van der Waals surface area (Å²) in [5.41, 5.74) is 2.93. The molecule has 25 heavy (non-hydrogen) atoms. The normalized spacial score (nSPS) is 11.6. The lowest BCUT2D eigenvalue weighted by molar-refractivity contribution is 0.396. The monoisotopic (exact) mass is 338 g/mol. The lowest BCUT2D eigenvalue weighted by atomic mass is 10.1. The highest BCUT2D eigenvalue weighted by Gasteiger charge is 2.10. The van der Waals surface area contributed by atoms with Crippen LogP contribution in [0.1, 0.15) is 17.0 Å². The van der Waals surface area contributed by atoms with Crippen molar-refractivity contribution in [3.8, 4) is 5.88 Å². The first-order valence-electron chi connectivity index (χ1n) is 8.12. The van der Waals surface area contributed by atoms with Crippen LogP contribution in [0.25, 0.3) is 11.0 Å². The molecule has 0 amide bonds. The fraction of sp³-hybridized carbons (Fsp3) is 0.263. The molecule has 0 saturated carbocycles. The molecule has 0 aliphatic heterocycles. The number of fused-ring (bicyclic) bond motifs is 1. The molecule has 0 fully saturated rings. The molecule has 2 aromatic heterocycles. The molecule has 0 unspecified atom stereocenters. The highest BCUT2D eigenvalue weighted by atomic mass is 16.5. The number of aromatic nitrogens is 1. The molecular formula is C19H22N4O2. The smallest absolute Gasteiger partial charge is 0.213 e. The molecule has 130 valence electrons. The van der Waals surface area contributed by atoms with Crippen LogP contribution in [0.4, 0.5) is 0 Å². The van der Waals surface area contributed by atoms with Crippen molar-refractivity contribution in [2.24, 2.45) is 4.99 Å². The topological polar surface area (TPSA) is 71.7 Å². The van der Waals surface area contributed by atoms with Crippen molar-refractivity contribution in [2.45, 2.75) is 20.0 Å². The van der Waals surface area contributed by atoms with Gasteiger partial charge in [0.15, 0.2) is 5.96 Å². The van der Waals surface area contributed by atoms with E-state index in [0.717, 1.165) is 28.0 Å². The molecule has 0 saturated heterocycles. The van der Waals surface area contributed by atoms with Gasteiger partial charge in [-0.25, -0.2) is 4.98 Å². The van der Waals surface area contributed by atoms with Crippen LogP contribution in [-0.4, -0.2) is 25.1 Å². The van der Waals surface area contributed by atoms with Crippen LogP contribution in [0, 0.1) is 6.92 Å². The lowest BCUT2D eigenvalue weighted by Crippen LogP contribution is -2.36. The molecule has 0 bridgehead atoms. The zero-order valence-corrected chi connectivity index (χ0v) is 14.7. The molecular weight excluding hydrogens is 316 g/mol. The number of aryl methyl sites for hydroxylation is 1. The van der Waals surface area contributed by atoms with Crippen LogP contribution in [-0.2, 0) is 13.1 Å². The first kappa shape index (κ1) is 16.8. The van der Waals surface area contributed by atoms with Gasteiger partial charge >= 0.3 is 0 Å². The number of ether oxygens (including phenoxy) is 1. The second-order valence-corrected chi connectivity index (χ2v) is 5.60. The number of nitrogens with one attached hydrogen (secondary N) is 2. The first-order valence-corrected chi connectivity index (χ1v) is 8.12. The van der Waals surface area contributed by atoms with Gasteiger partial charge in [-0.1, -0.05) is 24.3 Å². The Hall–Kier alpha value is -3.02. The minimum atomic E-state index is 0.552. The number of furan rings is 1. The van der Waals surface area contributed by atoms with Gasteiger partial charge in [-0.15, -0.1) is 0 Å². The van der Waals surface area contributed by atoms with E-state index in [-0.39, 0.29) is 0 Å². The summed E-state index contributed by atoms with van der Waals surface area (Å²) in [5, 5.41) is 7.65. The predicted octanol–water partition coefficient (Wildman–Crippen LogP) is 3.01.